The van der Waals surface area contributed by atoms with Crippen LogP contribution in [0.15, 0.2) is 4.99 Å². The second-order valence-corrected chi connectivity index (χ2v) is 4.80. The molecule has 2 aliphatic heterocycles. The van der Waals surface area contributed by atoms with Crippen molar-refractivity contribution in [2.45, 2.75) is 64.1 Å². The highest BCUT2D eigenvalue weighted by atomic mass is 15.3. The normalized spacial score (nSPS) is 32.8. The van der Waals surface area contributed by atoms with E-state index >= 15 is 0 Å². The van der Waals surface area contributed by atoms with Crippen LogP contribution in [0.5, 0.6) is 0 Å². The van der Waals surface area contributed by atoms with Gasteiger partial charge in [-0.2, -0.15) is 0 Å². The molecule has 14 heavy (non-hydrogen) atoms. The Labute approximate surface area is 86.4 Å². The van der Waals surface area contributed by atoms with Gasteiger partial charge >= 0.3 is 0 Å². The molecule has 80 valence electrons. The molecular weight excluding hydrogens is 174 g/mol. The molecule has 2 atom stereocenters. The molecule has 0 radical (unpaired) electrons. The van der Waals surface area contributed by atoms with Crippen LogP contribution in [-0.4, -0.2) is 29.0 Å². The molecule has 0 aromatic carbocycles. The number of rotatable bonds is 1. The van der Waals surface area contributed by atoms with Gasteiger partial charge in [0.05, 0.1) is 0 Å². The van der Waals surface area contributed by atoms with Crippen molar-refractivity contribution in [3.63, 3.8) is 0 Å². The Kier molecular flexibility index (Phi) is 2.66. The Morgan fingerprint density at radius 2 is 1.79 bits per heavy atom. The maximum atomic E-state index is 6.05. The first-order valence-corrected chi connectivity index (χ1v) is 5.80. The van der Waals surface area contributed by atoms with Crippen molar-refractivity contribution < 1.29 is 0 Å². The van der Waals surface area contributed by atoms with Crippen LogP contribution < -0.4 is 5.73 Å². The van der Waals surface area contributed by atoms with E-state index in [2.05, 4.69) is 23.7 Å². The van der Waals surface area contributed by atoms with E-state index in [0.717, 1.165) is 5.96 Å². The molecule has 0 amide bonds. The first-order valence-electron chi connectivity index (χ1n) is 5.80. The van der Waals surface area contributed by atoms with Crippen molar-refractivity contribution in [3.8, 4) is 0 Å². The summed E-state index contributed by atoms with van der Waals surface area (Å²) in [4.78, 5) is 6.84. The van der Waals surface area contributed by atoms with Gasteiger partial charge in [0, 0.05) is 18.1 Å². The standard InChI is InChI=1S/C11H21N3/c1-8(2)13-11(12)14-9-4-3-5-10(14)7-6-9/h8-10H,3-7H2,1-2H3,(H2,12,13). The quantitative estimate of drug-likeness (QED) is 0.511. The van der Waals surface area contributed by atoms with Crippen LogP contribution in [0.3, 0.4) is 0 Å². The minimum Gasteiger partial charge on any atom is -0.370 e. The molecule has 2 saturated heterocycles. The van der Waals surface area contributed by atoms with E-state index in [1.54, 1.807) is 0 Å². The minimum atomic E-state index is 0.316. The summed E-state index contributed by atoms with van der Waals surface area (Å²) in [6, 6.07) is 1.70. The monoisotopic (exact) mass is 195 g/mol. The highest BCUT2D eigenvalue weighted by Crippen LogP contribution is 2.35. The molecule has 2 aliphatic rings. The van der Waals surface area contributed by atoms with Gasteiger partial charge in [0.1, 0.15) is 0 Å². The number of aliphatic imine (C=N–C) groups is 1. The average Bonchev–Trinajstić information content (AvgIpc) is 2.36. The summed E-state index contributed by atoms with van der Waals surface area (Å²) in [5.41, 5.74) is 6.05. The fraction of sp³-hybridized carbons (Fsp3) is 0.909. The smallest absolute Gasteiger partial charge is 0.192 e. The predicted molar refractivity (Wildman–Crippen MR) is 59.3 cm³/mol. The van der Waals surface area contributed by atoms with Gasteiger partial charge in [-0.1, -0.05) is 0 Å². The molecular formula is C11H21N3. The third kappa shape index (κ3) is 1.72. The lowest BCUT2D eigenvalue weighted by Gasteiger charge is -2.35. The molecule has 2 bridgehead atoms. The molecule has 0 spiro atoms. The van der Waals surface area contributed by atoms with Gasteiger partial charge in [0.2, 0.25) is 0 Å². The minimum absolute atomic E-state index is 0.316. The summed E-state index contributed by atoms with van der Waals surface area (Å²) < 4.78 is 0. The summed E-state index contributed by atoms with van der Waals surface area (Å²) in [7, 11) is 0. The molecule has 2 rings (SSSR count). The third-order valence-electron chi connectivity index (χ3n) is 3.35. The zero-order chi connectivity index (χ0) is 10.1. The van der Waals surface area contributed by atoms with Crippen LogP contribution in [0, 0.1) is 0 Å². The van der Waals surface area contributed by atoms with Crippen molar-refractivity contribution in [2.75, 3.05) is 0 Å². The number of hydrogen-bond acceptors (Lipinski definition) is 1. The summed E-state index contributed by atoms with van der Waals surface area (Å²) >= 11 is 0. The van der Waals surface area contributed by atoms with Crippen molar-refractivity contribution in [1.82, 2.24) is 4.90 Å². The number of fused-ring (bicyclic) bond motifs is 2. The fourth-order valence-corrected chi connectivity index (χ4v) is 2.82. The van der Waals surface area contributed by atoms with Gasteiger partial charge in [-0.05, 0) is 46.0 Å². The molecule has 0 aliphatic carbocycles. The number of guanidine groups is 1. The van der Waals surface area contributed by atoms with Crippen LogP contribution in [0.2, 0.25) is 0 Å². The van der Waals surface area contributed by atoms with Crippen molar-refractivity contribution in [1.29, 1.82) is 0 Å². The van der Waals surface area contributed by atoms with Crippen molar-refractivity contribution in [3.05, 3.63) is 0 Å². The fourth-order valence-electron chi connectivity index (χ4n) is 2.82. The van der Waals surface area contributed by atoms with Crippen LogP contribution in [0.4, 0.5) is 0 Å². The largest absolute Gasteiger partial charge is 0.370 e. The van der Waals surface area contributed by atoms with Gasteiger partial charge < -0.3 is 10.6 Å². The van der Waals surface area contributed by atoms with Gasteiger partial charge in [0.15, 0.2) is 5.96 Å². The van der Waals surface area contributed by atoms with Gasteiger partial charge in [-0.15, -0.1) is 0 Å². The maximum Gasteiger partial charge on any atom is 0.192 e. The second kappa shape index (κ2) is 3.79. The lowest BCUT2D eigenvalue weighted by atomic mass is 10.0. The van der Waals surface area contributed by atoms with E-state index in [4.69, 9.17) is 5.73 Å². The molecule has 2 heterocycles. The Morgan fingerprint density at radius 1 is 1.21 bits per heavy atom. The second-order valence-electron chi connectivity index (χ2n) is 4.80. The Hall–Kier alpha value is -0.730. The summed E-state index contributed by atoms with van der Waals surface area (Å²) in [6.45, 7) is 4.16. The van der Waals surface area contributed by atoms with E-state index in [0.29, 0.717) is 18.1 Å². The first kappa shape index (κ1) is 9.81. The number of piperidine rings is 1. The molecule has 0 aromatic rings. The Balaban J connectivity index is 2.10. The summed E-state index contributed by atoms with van der Waals surface area (Å²) in [5, 5.41) is 0. The van der Waals surface area contributed by atoms with Crippen molar-refractivity contribution >= 4 is 5.96 Å². The van der Waals surface area contributed by atoms with E-state index in [1.807, 2.05) is 0 Å². The number of nitrogens with two attached hydrogens (primary N) is 1. The van der Waals surface area contributed by atoms with Gasteiger partial charge in [-0.25, -0.2) is 0 Å². The van der Waals surface area contributed by atoms with Gasteiger partial charge in [0.25, 0.3) is 0 Å². The van der Waals surface area contributed by atoms with E-state index < -0.39 is 0 Å². The Bertz CT molecular complexity index is 219. The summed E-state index contributed by atoms with van der Waals surface area (Å²) in [6.07, 6.45) is 6.63. The third-order valence-corrected chi connectivity index (χ3v) is 3.35. The number of nitrogens with zero attached hydrogens (tertiary/aromatic N) is 2. The topological polar surface area (TPSA) is 41.6 Å². The van der Waals surface area contributed by atoms with Gasteiger partial charge in [-0.3, -0.25) is 4.99 Å². The van der Waals surface area contributed by atoms with E-state index in [-0.39, 0.29) is 0 Å². The molecule has 3 heteroatoms. The van der Waals surface area contributed by atoms with Crippen LogP contribution >= 0.6 is 0 Å². The molecule has 0 saturated carbocycles. The van der Waals surface area contributed by atoms with Crippen molar-refractivity contribution in [2.24, 2.45) is 10.7 Å². The molecule has 2 unspecified atom stereocenters. The molecule has 2 N–H and O–H groups in total. The molecule has 2 fully saturated rings. The number of hydrogen-bond donors (Lipinski definition) is 1. The maximum absolute atomic E-state index is 6.05. The predicted octanol–water partition coefficient (Wildman–Crippen LogP) is 1.73. The molecule has 3 nitrogen and oxygen atoms in total. The Morgan fingerprint density at radius 3 is 2.29 bits per heavy atom. The zero-order valence-corrected chi connectivity index (χ0v) is 9.24. The first-order chi connectivity index (χ1) is 6.68. The lowest BCUT2D eigenvalue weighted by molar-refractivity contribution is 0.233. The zero-order valence-electron chi connectivity index (χ0n) is 9.24. The van der Waals surface area contributed by atoms with Crippen LogP contribution in [0.1, 0.15) is 46.0 Å². The van der Waals surface area contributed by atoms with E-state index in [1.165, 1.54) is 32.1 Å². The molecule has 0 aromatic heterocycles. The van der Waals surface area contributed by atoms with Crippen LogP contribution in [-0.2, 0) is 0 Å². The van der Waals surface area contributed by atoms with E-state index in [9.17, 15) is 0 Å². The SMILES string of the molecule is CC(C)N=C(N)N1C2CCCC1CC2. The van der Waals surface area contributed by atoms with Crippen LogP contribution in [0.25, 0.3) is 0 Å². The lowest BCUT2D eigenvalue weighted by Crippen LogP contribution is -2.48. The average molecular weight is 195 g/mol. The highest BCUT2D eigenvalue weighted by molar-refractivity contribution is 5.79. The highest BCUT2D eigenvalue weighted by Gasteiger charge is 2.37. The summed E-state index contributed by atoms with van der Waals surface area (Å²) in [5.74, 6) is 0.784.